The van der Waals surface area contributed by atoms with E-state index in [1.165, 1.54) is 0 Å². The normalized spacial score (nSPS) is 18.2. The van der Waals surface area contributed by atoms with Crippen LogP contribution >= 0.6 is 0 Å². The molecule has 2 amide bonds. The molecule has 1 fully saturated rings. The van der Waals surface area contributed by atoms with Gasteiger partial charge in [0.05, 0.1) is 32.0 Å². The van der Waals surface area contributed by atoms with Crippen LogP contribution in [0.1, 0.15) is 0 Å². The fourth-order valence-electron chi connectivity index (χ4n) is 3.71. The van der Waals surface area contributed by atoms with Crippen molar-refractivity contribution < 1.29 is 19.1 Å². The number of para-hydroxylation sites is 2. The van der Waals surface area contributed by atoms with Crippen LogP contribution in [0.5, 0.6) is 5.75 Å². The number of morpholine rings is 1. The van der Waals surface area contributed by atoms with Gasteiger partial charge in [-0.15, -0.1) is 0 Å². The van der Waals surface area contributed by atoms with Gasteiger partial charge in [-0.1, -0.05) is 12.1 Å². The molecule has 8 nitrogen and oxygen atoms in total. The third-order valence-electron chi connectivity index (χ3n) is 5.26. The van der Waals surface area contributed by atoms with Crippen molar-refractivity contribution in [1.29, 1.82) is 0 Å². The first kappa shape index (κ1) is 20.0. The highest BCUT2D eigenvalue weighted by atomic mass is 16.5. The Morgan fingerprint density at radius 3 is 2.53 bits per heavy atom. The van der Waals surface area contributed by atoms with Crippen molar-refractivity contribution >= 4 is 28.9 Å². The average Bonchev–Trinajstić information content (AvgIpc) is 2.79. The summed E-state index contributed by atoms with van der Waals surface area (Å²) in [6, 6.07) is 15.3. The minimum atomic E-state index is -0.662. The van der Waals surface area contributed by atoms with E-state index in [0.29, 0.717) is 12.3 Å². The van der Waals surface area contributed by atoms with Gasteiger partial charge in [0.1, 0.15) is 5.75 Å². The first-order valence-electron chi connectivity index (χ1n) is 10.1. The summed E-state index contributed by atoms with van der Waals surface area (Å²) in [5, 5.41) is 5.55. The molecule has 2 aromatic carbocycles. The Morgan fingerprint density at radius 1 is 1.07 bits per heavy atom. The van der Waals surface area contributed by atoms with Crippen LogP contribution in [0, 0.1) is 0 Å². The lowest BCUT2D eigenvalue weighted by atomic mass is 10.1. The van der Waals surface area contributed by atoms with Crippen molar-refractivity contribution in [2.75, 3.05) is 61.6 Å². The molecule has 2 N–H and O–H groups in total. The van der Waals surface area contributed by atoms with Crippen LogP contribution < -0.4 is 25.2 Å². The van der Waals surface area contributed by atoms with E-state index in [-0.39, 0.29) is 18.4 Å². The maximum absolute atomic E-state index is 12.7. The minimum Gasteiger partial charge on any atom is -0.477 e. The Kier molecular flexibility index (Phi) is 6.04. The zero-order valence-electron chi connectivity index (χ0n) is 17.0. The van der Waals surface area contributed by atoms with E-state index in [1.807, 2.05) is 47.4 Å². The minimum absolute atomic E-state index is 0.124. The number of amides is 2. The number of hydrogen-bond acceptors (Lipinski definition) is 6. The fraction of sp³-hybridized carbons (Fsp3) is 0.364. The molecule has 4 rings (SSSR count). The number of carbonyl (C=O) groups is 2. The molecule has 2 heterocycles. The summed E-state index contributed by atoms with van der Waals surface area (Å²) in [7, 11) is 1.57. The van der Waals surface area contributed by atoms with Crippen molar-refractivity contribution in [3.63, 3.8) is 0 Å². The molecule has 2 aliphatic heterocycles. The number of likely N-dealkylation sites (N-methyl/N-ethyl adjacent to an activating group) is 1. The molecule has 158 valence electrons. The molecule has 30 heavy (non-hydrogen) atoms. The van der Waals surface area contributed by atoms with Gasteiger partial charge in [0.25, 0.3) is 5.91 Å². The molecule has 0 aliphatic carbocycles. The second-order valence-corrected chi connectivity index (χ2v) is 7.26. The highest BCUT2D eigenvalue weighted by Gasteiger charge is 2.31. The third kappa shape index (κ3) is 4.49. The van der Waals surface area contributed by atoms with E-state index < -0.39 is 6.10 Å². The van der Waals surface area contributed by atoms with Crippen molar-refractivity contribution in [3.05, 3.63) is 48.5 Å². The summed E-state index contributed by atoms with van der Waals surface area (Å²) in [6.45, 7) is 3.63. The fourth-order valence-corrected chi connectivity index (χ4v) is 3.71. The number of ether oxygens (including phenoxy) is 2. The van der Waals surface area contributed by atoms with Crippen molar-refractivity contribution in [3.8, 4) is 5.75 Å². The Balaban J connectivity index is 1.41. The second kappa shape index (κ2) is 9.04. The summed E-state index contributed by atoms with van der Waals surface area (Å²) >= 11 is 0. The highest BCUT2D eigenvalue weighted by Crippen LogP contribution is 2.33. The van der Waals surface area contributed by atoms with E-state index in [4.69, 9.17) is 9.47 Å². The number of rotatable bonds is 5. The second-order valence-electron chi connectivity index (χ2n) is 7.26. The van der Waals surface area contributed by atoms with Crippen LogP contribution in [0.4, 0.5) is 17.1 Å². The highest BCUT2D eigenvalue weighted by molar-refractivity contribution is 5.95. The molecular formula is C22H26N4O4. The van der Waals surface area contributed by atoms with Gasteiger partial charge in [-0.25, -0.2) is 0 Å². The lowest BCUT2D eigenvalue weighted by Gasteiger charge is -2.35. The molecule has 0 radical (unpaired) electrons. The standard InChI is InChI=1S/C22H26N4O4/c1-23-22(28)20-14-26(18-4-2-3-5-19(18)30-20)15-21(27)24-16-6-8-17(9-7-16)25-10-12-29-13-11-25/h2-9,20H,10-15H2,1H3,(H,23,28)(H,24,27)/t20-/m1/s1. The van der Waals surface area contributed by atoms with Gasteiger partial charge in [0.15, 0.2) is 6.10 Å². The van der Waals surface area contributed by atoms with E-state index in [2.05, 4.69) is 15.5 Å². The Labute approximate surface area is 175 Å². The van der Waals surface area contributed by atoms with Crippen LogP contribution in [0.25, 0.3) is 0 Å². The number of hydrogen-bond donors (Lipinski definition) is 2. The summed E-state index contributed by atoms with van der Waals surface area (Å²) in [5.41, 5.74) is 2.66. The molecule has 0 aromatic heterocycles. The van der Waals surface area contributed by atoms with Crippen LogP contribution in [0.15, 0.2) is 48.5 Å². The van der Waals surface area contributed by atoms with Gasteiger partial charge >= 0.3 is 0 Å². The molecule has 0 unspecified atom stereocenters. The van der Waals surface area contributed by atoms with Gasteiger partial charge in [0.2, 0.25) is 5.91 Å². The lowest BCUT2D eigenvalue weighted by molar-refractivity contribution is -0.127. The van der Waals surface area contributed by atoms with Gasteiger partial charge in [-0.3, -0.25) is 9.59 Å². The van der Waals surface area contributed by atoms with E-state index in [1.54, 1.807) is 13.1 Å². The molecule has 1 saturated heterocycles. The van der Waals surface area contributed by atoms with Crippen LogP contribution in [0.3, 0.4) is 0 Å². The topological polar surface area (TPSA) is 83.1 Å². The zero-order valence-corrected chi connectivity index (χ0v) is 17.0. The van der Waals surface area contributed by atoms with Gasteiger partial charge in [0, 0.05) is 31.5 Å². The SMILES string of the molecule is CNC(=O)[C@H]1CN(CC(=O)Nc2ccc(N3CCOCC3)cc2)c2ccccc2O1. The van der Waals surface area contributed by atoms with Gasteiger partial charge in [-0.2, -0.15) is 0 Å². The number of nitrogens with one attached hydrogen (secondary N) is 2. The van der Waals surface area contributed by atoms with Crippen LogP contribution in [-0.4, -0.2) is 64.4 Å². The quantitative estimate of drug-likeness (QED) is 0.777. The van der Waals surface area contributed by atoms with E-state index in [0.717, 1.165) is 43.4 Å². The summed E-state index contributed by atoms with van der Waals surface area (Å²) < 4.78 is 11.2. The molecule has 0 spiro atoms. The van der Waals surface area contributed by atoms with E-state index >= 15 is 0 Å². The van der Waals surface area contributed by atoms with Crippen molar-refractivity contribution in [2.45, 2.75) is 6.10 Å². The predicted molar refractivity (Wildman–Crippen MR) is 115 cm³/mol. The monoisotopic (exact) mass is 410 g/mol. The smallest absolute Gasteiger partial charge is 0.262 e. The molecule has 8 heteroatoms. The van der Waals surface area contributed by atoms with Crippen LogP contribution in [0.2, 0.25) is 0 Å². The molecule has 0 saturated carbocycles. The number of benzene rings is 2. The summed E-state index contributed by atoms with van der Waals surface area (Å²) in [4.78, 5) is 28.9. The van der Waals surface area contributed by atoms with Gasteiger partial charge in [-0.05, 0) is 36.4 Å². The lowest BCUT2D eigenvalue weighted by Crippen LogP contribution is -2.50. The largest absolute Gasteiger partial charge is 0.477 e. The Bertz CT molecular complexity index is 896. The number of carbonyl (C=O) groups excluding carboxylic acids is 2. The third-order valence-corrected chi connectivity index (χ3v) is 5.26. The Hall–Kier alpha value is -3.26. The average molecular weight is 410 g/mol. The van der Waals surface area contributed by atoms with Crippen molar-refractivity contribution in [2.24, 2.45) is 0 Å². The Morgan fingerprint density at radius 2 is 1.80 bits per heavy atom. The molecular weight excluding hydrogens is 384 g/mol. The number of anilines is 3. The number of fused-ring (bicyclic) bond motifs is 1. The maximum atomic E-state index is 12.7. The predicted octanol–water partition coefficient (Wildman–Crippen LogP) is 1.48. The molecule has 1 atom stereocenters. The zero-order chi connectivity index (χ0) is 20.9. The molecule has 2 aromatic rings. The summed E-state index contributed by atoms with van der Waals surface area (Å²) in [6.07, 6.45) is -0.662. The van der Waals surface area contributed by atoms with Crippen molar-refractivity contribution in [1.82, 2.24) is 5.32 Å². The summed E-state index contributed by atoms with van der Waals surface area (Å²) in [5.74, 6) is 0.232. The van der Waals surface area contributed by atoms with Gasteiger partial charge < -0.3 is 29.9 Å². The first-order valence-corrected chi connectivity index (χ1v) is 10.1. The van der Waals surface area contributed by atoms with E-state index in [9.17, 15) is 9.59 Å². The molecule has 0 bridgehead atoms. The first-order chi connectivity index (χ1) is 14.6. The van der Waals surface area contributed by atoms with Crippen LogP contribution in [-0.2, 0) is 14.3 Å². The maximum Gasteiger partial charge on any atom is 0.262 e. The molecule has 2 aliphatic rings. The number of nitrogens with zero attached hydrogens (tertiary/aromatic N) is 2.